The number of hydrogen-bond acceptors (Lipinski definition) is 7. The molecule has 0 spiro atoms. The third-order valence-electron chi connectivity index (χ3n) is 4.94. The van der Waals surface area contributed by atoms with Gasteiger partial charge in [-0.05, 0) is 36.4 Å². The molecule has 1 aliphatic rings. The fourth-order valence-corrected chi connectivity index (χ4v) is 4.53. The van der Waals surface area contributed by atoms with Crippen molar-refractivity contribution in [1.82, 2.24) is 0 Å². The van der Waals surface area contributed by atoms with Gasteiger partial charge < -0.3 is 23.8 Å². The van der Waals surface area contributed by atoms with Gasteiger partial charge in [0.1, 0.15) is 17.2 Å². The second-order valence-electron chi connectivity index (χ2n) is 7.32. The monoisotopic (exact) mass is 456 g/mol. The molecule has 1 N–H and O–H groups in total. The highest BCUT2D eigenvalue weighted by Gasteiger charge is 2.29. The van der Waals surface area contributed by atoms with Crippen molar-refractivity contribution in [3.63, 3.8) is 0 Å². The van der Waals surface area contributed by atoms with Crippen molar-refractivity contribution in [2.45, 2.75) is 11.2 Å². The lowest BCUT2D eigenvalue weighted by Gasteiger charge is -2.22. The Bertz CT molecular complexity index is 1200. The zero-order valence-electron chi connectivity index (χ0n) is 18.2. The predicted octanol–water partition coefficient (Wildman–Crippen LogP) is 4.04. The standard InChI is InChI=1S/C23H24N2O6S/c1-25(2)22-20(28-3)12-15(13-21(22)29-4)23-30-18-11-10-16(14-19(18)31-23)24-32(26,27)17-8-6-5-7-9-17/h5-14,23-24H,1-4H3. The maximum absolute atomic E-state index is 12.6. The van der Waals surface area contributed by atoms with Gasteiger partial charge in [-0.25, -0.2) is 8.42 Å². The highest BCUT2D eigenvalue weighted by atomic mass is 32.2. The summed E-state index contributed by atoms with van der Waals surface area (Å²) in [5.41, 5.74) is 1.87. The minimum Gasteiger partial charge on any atom is -0.494 e. The first-order valence-electron chi connectivity index (χ1n) is 9.81. The van der Waals surface area contributed by atoms with E-state index in [1.807, 2.05) is 31.1 Å². The summed E-state index contributed by atoms with van der Waals surface area (Å²) in [6.07, 6.45) is -0.731. The first kappa shape index (κ1) is 21.6. The molecule has 0 radical (unpaired) electrons. The summed E-state index contributed by atoms with van der Waals surface area (Å²) < 4.78 is 50.7. The van der Waals surface area contributed by atoms with Gasteiger partial charge in [-0.2, -0.15) is 0 Å². The minimum absolute atomic E-state index is 0.177. The molecule has 9 heteroatoms. The van der Waals surface area contributed by atoms with Gasteiger partial charge in [0.25, 0.3) is 16.3 Å². The number of methoxy groups -OCH3 is 2. The van der Waals surface area contributed by atoms with Crippen molar-refractivity contribution in [3.05, 3.63) is 66.2 Å². The Labute approximate surface area is 187 Å². The molecule has 4 rings (SSSR count). The third-order valence-corrected chi connectivity index (χ3v) is 6.34. The molecule has 8 nitrogen and oxygen atoms in total. The van der Waals surface area contributed by atoms with E-state index in [1.54, 1.807) is 50.6 Å². The molecule has 0 fully saturated rings. The molecule has 1 heterocycles. The number of fused-ring (bicyclic) bond motifs is 1. The molecule has 0 saturated carbocycles. The molecule has 0 amide bonds. The van der Waals surface area contributed by atoms with Crippen molar-refractivity contribution < 1.29 is 27.4 Å². The van der Waals surface area contributed by atoms with Crippen LogP contribution in [0.4, 0.5) is 11.4 Å². The zero-order chi connectivity index (χ0) is 22.9. The maximum atomic E-state index is 12.6. The van der Waals surface area contributed by atoms with Crippen molar-refractivity contribution in [2.24, 2.45) is 0 Å². The molecular formula is C23H24N2O6S. The van der Waals surface area contributed by atoms with Crippen LogP contribution in [0, 0.1) is 0 Å². The summed E-state index contributed by atoms with van der Waals surface area (Å²) in [5, 5.41) is 0. The smallest absolute Gasteiger partial charge is 0.268 e. The van der Waals surface area contributed by atoms with E-state index in [0.29, 0.717) is 34.2 Å². The van der Waals surface area contributed by atoms with Crippen LogP contribution in [0.3, 0.4) is 0 Å². The van der Waals surface area contributed by atoms with Crippen LogP contribution in [0.5, 0.6) is 23.0 Å². The Hall–Kier alpha value is -3.59. The van der Waals surface area contributed by atoms with E-state index in [9.17, 15) is 8.42 Å². The lowest BCUT2D eigenvalue weighted by atomic mass is 10.1. The number of rotatable bonds is 7. The Balaban J connectivity index is 1.59. The van der Waals surface area contributed by atoms with Crippen molar-refractivity contribution >= 4 is 21.4 Å². The quantitative estimate of drug-likeness (QED) is 0.574. The Morgan fingerprint density at radius 3 is 2.09 bits per heavy atom. The molecule has 1 atom stereocenters. The number of nitrogens with zero attached hydrogens (tertiary/aromatic N) is 1. The zero-order valence-corrected chi connectivity index (χ0v) is 19.0. The molecule has 1 aliphatic heterocycles. The van der Waals surface area contributed by atoms with Crippen LogP contribution in [0.15, 0.2) is 65.6 Å². The SMILES string of the molecule is COc1cc(C2Oc3ccc(NS(=O)(=O)c4ccccc4)cc3O2)cc(OC)c1N(C)C. The van der Waals surface area contributed by atoms with E-state index < -0.39 is 16.3 Å². The van der Waals surface area contributed by atoms with Crippen LogP contribution >= 0.6 is 0 Å². The maximum Gasteiger partial charge on any atom is 0.268 e. The Kier molecular flexibility index (Phi) is 5.75. The summed E-state index contributed by atoms with van der Waals surface area (Å²) in [4.78, 5) is 2.08. The number of anilines is 2. The summed E-state index contributed by atoms with van der Waals surface area (Å²) in [6.45, 7) is 0. The molecule has 168 valence electrons. The first-order chi connectivity index (χ1) is 15.3. The van der Waals surface area contributed by atoms with Crippen LogP contribution in [0.1, 0.15) is 11.9 Å². The van der Waals surface area contributed by atoms with Crippen LogP contribution in [0.2, 0.25) is 0 Å². The number of hydrogen-bond donors (Lipinski definition) is 1. The lowest BCUT2D eigenvalue weighted by Crippen LogP contribution is -2.14. The molecular weight excluding hydrogens is 432 g/mol. The normalized spacial score (nSPS) is 14.7. The Morgan fingerprint density at radius 2 is 1.50 bits per heavy atom. The van der Waals surface area contributed by atoms with Crippen molar-refractivity contribution in [1.29, 1.82) is 0 Å². The topological polar surface area (TPSA) is 86.3 Å². The largest absolute Gasteiger partial charge is 0.494 e. The summed E-state index contributed by atoms with van der Waals surface area (Å²) in [7, 11) is 3.26. The van der Waals surface area contributed by atoms with E-state index in [-0.39, 0.29) is 4.90 Å². The van der Waals surface area contributed by atoms with Crippen LogP contribution < -0.4 is 28.6 Å². The highest BCUT2D eigenvalue weighted by Crippen LogP contribution is 2.45. The molecule has 3 aromatic rings. The third kappa shape index (κ3) is 4.11. The fourth-order valence-electron chi connectivity index (χ4n) is 3.46. The van der Waals surface area contributed by atoms with Crippen LogP contribution in [0.25, 0.3) is 0 Å². The van der Waals surface area contributed by atoms with Gasteiger partial charge in [0.15, 0.2) is 11.5 Å². The fraction of sp³-hybridized carbons (Fsp3) is 0.217. The summed E-state index contributed by atoms with van der Waals surface area (Å²) in [6, 6.07) is 16.7. The highest BCUT2D eigenvalue weighted by molar-refractivity contribution is 7.92. The molecule has 0 aromatic heterocycles. The predicted molar refractivity (Wildman–Crippen MR) is 122 cm³/mol. The number of benzene rings is 3. The molecule has 3 aromatic carbocycles. The van der Waals surface area contributed by atoms with Crippen LogP contribution in [-0.4, -0.2) is 36.7 Å². The second kappa shape index (κ2) is 8.51. The van der Waals surface area contributed by atoms with Gasteiger partial charge in [-0.1, -0.05) is 18.2 Å². The average Bonchev–Trinajstić information content (AvgIpc) is 3.21. The number of ether oxygens (including phenoxy) is 4. The molecule has 0 saturated heterocycles. The van der Waals surface area contributed by atoms with Crippen molar-refractivity contribution in [2.75, 3.05) is 37.9 Å². The average molecular weight is 457 g/mol. The van der Waals surface area contributed by atoms with E-state index in [4.69, 9.17) is 18.9 Å². The van der Waals surface area contributed by atoms with Gasteiger partial charge in [0.05, 0.1) is 24.8 Å². The number of nitrogens with one attached hydrogen (secondary N) is 1. The van der Waals surface area contributed by atoms with Gasteiger partial charge in [-0.15, -0.1) is 0 Å². The van der Waals surface area contributed by atoms with E-state index in [2.05, 4.69) is 4.72 Å². The van der Waals surface area contributed by atoms with E-state index >= 15 is 0 Å². The summed E-state index contributed by atoms with van der Waals surface area (Å²) in [5.74, 6) is 2.16. The number of sulfonamides is 1. The Morgan fingerprint density at radius 1 is 0.875 bits per heavy atom. The summed E-state index contributed by atoms with van der Waals surface area (Å²) >= 11 is 0. The lowest BCUT2D eigenvalue weighted by molar-refractivity contribution is 0.0483. The minimum atomic E-state index is -3.71. The molecule has 1 unspecified atom stereocenters. The van der Waals surface area contributed by atoms with Gasteiger partial charge in [0.2, 0.25) is 0 Å². The van der Waals surface area contributed by atoms with E-state index in [0.717, 1.165) is 5.69 Å². The molecule has 32 heavy (non-hydrogen) atoms. The van der Waals surface area contributed by atoms with Gasteiger partial charge in [0, 0.05) is 25.7 Å². The van der Waals surface area contributed by atoms with Crippen LogP contribution in [-0.2, 0) is 10.0 Å². The van der Waals surface area contributed by atoms with Crippen molar-refractivity contribution in [3.8, 4) is 23.0 Å². The first-order valence-corrected chi connectivity index (χ1v) is 11.3. The van der Waals surface area contributed by atoms with Gasteiger partial charge >= 0.3 is 0 Å². The second-order valence-corrected chi connectivity index (χ2v) is 9.00. The molecule has 0 aliphatic carbocycles. The van der Waals surface area contributed by atoms with Gasteiger partial charge in [-0.3, -0.25) is 4.72 Å². The molecule has 0 bridgehead atoms. The van der Waals surface area contributed by atoms with E-state index in [1.165, 1.54) is 12.1 Å².